The molecule has 0 aliphatic heterocycles. The van der Waals surface area contributed by atoms with Crippen LogP contribution in [0.4, 0.5) is 0 Å². The smallest absolute Gasteiger partial charge is 0.252 e. The van der Waals surface area contributed by atoms with Crippen LogP contribution in [0, 0.1) is 0 Å². The number of carbonyl (C=O) groups excluding carboxylic acids is 1. The number of aromatic amines is 1. The first-order valence-corrected chi connectivity index (χ1v) is 6.70. The van der Waals surface area contributed by atoms with E-state index >= 15 is 0 Å². The average Bonchev–Trinajstić information content (AvgIpc) is 2.45. The molecule has 0 aliphatic rings. The van der Waals surface area contributed by atoms with Gasteiger partial charge in [-0.2, -0.15) is 0 Å². The van der Waals surface area contributed by atoms with Crippen molar-refractivity contribution in [3.8, 4) is 0 Å². The molecule has 1 aromatic carbocycles. The summed E-state index contributed by atoms with van der Waals surface area (Å²) in [6, 6.07) is 8.47. The molecule has 0 radical (unpaired) electrons. The molecule has 106 valence electrons. The van der Waals surface area contributed by atoms with Crippen LogP contribution in [0.5, 0.6) is 0 Å². The van der Waals surface area contributed by atoms with Crippen LogP contribution in [0.25, 0.3) is 10.9 Å². The number of H-pyrrole nitrogens is 1. The second-order valence-electron chi connectivity index (χ2n) is 4.70. The van der Waals surface area contributed by atoms with Gasteiger partial charge in [0.05, 0.1) is 11.7 Å². The van der Waals surface area contributed by atoms with Gasteiger partial charge in [0.2, 0.25) is 5.56 Å². The summed E-state index contributed by atoms with van der Waals surface area (Å²) in [5, 5.41) is 12.9. The lowest BCUT2D eigenvalue weighted by Crippen LogP contribution is -2.28. The van der Waals surface area contributed by atoms with E-state index in [1.165, 1.54) is 6.07 Å². The summed E-state index contributed by atoms with van der Waals surface area (Å²) in [6.45, 7) is 2.27. The average molecular weight is 274 g/mol. The Kier molecular flexibility index (Phi) is 4.53. The number of hydrogen-bond donors (Lipinski definition) is 3. The standard InChI is InChI=1S/C15H18N2O3/c1-2-10(18)7-8-16-15(20)12-9-14(19)17-13-6-4-3-5-11(12)13/h3-6,9-10,18H,2,7-8H2,1H3,(H,16,20)(H,17,19). The summed E-state index contributed by atoms with van der Waals surface area (Å²) in [5.41, 5.74) is 0.691. The fourth-order valence-corrected chi connectivity index (χ4v) is 2.04. The topological polar surface area (TPSA) is 82.2 Å². The van der Waals surface area contributed by atoms with Crippen molar-refractivity contribution in [1.82, 2.24) is 10.3 Å². The fraction of sp³-hybridized carbons (Fsp3) is 0.333. The van der Waals surface area contributed by atoms with Gasteiger partial charge in [-0.15, -0.1) is 0 Å². The van der Waals surface area contributed by atoms with E-state index in [4.69, 9.17) is 0 Å². The predicted octanol–water partition coefficient (Wildman–Crippen LogP) is 1.42. The number of nitrogens with one attached hydrogen (secondary N) is 2. The molecule has 2 rings (SSSR count). The molecule has 1 atom stereocenters. The van der Waals surface area contributed by atoms with Gasteiger partial charge in [0.25, 0.3) is 5.91 Å². The number of amides is 1. The number of aliphatic hydroxyl groups is 1. The largest absolute Gasteiger partial charge is 0.393 e. The zero-order valence-corrected chi connectivity index (χ0v) is 11.3. The van der Waals surface area contributed by atoms with Crippen LogP contribution in [0.1, 0.15) is 30.1 Å². The van der Waals surface area contributed by atoms with E-state index in [0.29, 0.717) is 35.9 Å². The molecular formula is C15H18N2O3. The Morgan fingerprint density at radius 2 is 2.15 bits per heavy atom. The minimum absolute atomic E-state index is 0.296. The number of rotatable bonds is 5. The Balaban J connectivity index is 2.19. The van der Waals surface area contributed by atoms with Crippen molar-refractivity contribution in [2.24, 2.45) is 0 Å². The lowest BCUT2D eigenvalue weighted by atomic mass is 10.1. The Bertz CT molecular complexity index is 663. The minimum Gasteiger partial charge on any atom is -0.393 e. The second-order valence-corrected chi connectivity index (χ2v) is 4.70. The molecule has 5 heteroatoms. The van der Waals surface area contributed by atoms with E-state index in [0.717, 1.165) is 0 Å². The number of aliphatic hydroxyl groups excluding tert-OH is 1. The molecule has 3 N–H and O–H groups in total. The van der Waals surface area contributed by atoms with Crippen LogP contribution >= 0.6 is 0 Å². The number of aromatic nitrogens is 1. The first kappa shape index (κ1) is 14.3. The van der Waals surface area contributed by atoms with Gasteiger partial charge in [0, 0.05) is 23.5 Å². The van der Waals surface area contributed by atoms with Crippen LogP contribution in [0.3, 0.4) is 0 Å². The van der Waals surface area contributed by atoms with E-state index in [1.54, 1.807) is 18.2 Å². The molecule has 1 unspecified atom stereocenters. The third-order valence-electron chi connectivity index (χ3n) is 3.23. The van der Waals surface area contributed by atoms with Gasteiger partial charge in [-0.25, -0.2) is 0 Å². The highest BCUT2D eigenvalue weighted by Gasteiger charge is 2.11. The second kappa shape index (κ2) is 6.34. The van der Waals surface area contributed by atoms with E-state index in [2.05, 4.69) is 10.3 Å². The van der Waals surface area contributed by atoms with E-state index in [-0.39, 0.29) is 11.5 Å². The van der Waals surface area contributed by atoms with Crippen LogP contribution in [-0.2, 0) is 0 Å². The van der Waals surface area contributed by atoms with E-state index in [9.17, 15) is 14.7 Å². The number of hydrogen-bond acceptors (Lipinski definition) is 3. The maximum Gasteiger partial charge on any atom is 0.252 e. The number of pyridine rings is 1. The van der Waals surface area contributed by atoms with Crippen LogP contribution in [0.2, 0.25) is 0 Å². The fourth-order valence-electron chi connectivity index (χ4n) is 2.04. The van der Waals surface area contributed by atoms with Gasteiger partial charge >= 0.3 is 0 Å². The molecule has 0 spiro atoms. The summed E-state index contributed by atoms with van der Waals surface area (Å²) < 4.78 is 0. The van der Waals surface area contributed by atoms with Crippen molar-refractivity contribution in [3.63, 3.8) is 0 Å². The Morgan fingerprint density at radius 3 is 2.90 bits per heavy atom. The molecule has 1 aromatic heterocycles. The van der Waals surface area contributed by atoms with Gasteiger partial charge < -0.3 is 15.4 Å². The molecule has 5 nitrogen and oxygen atoms in total. The van der Waals surface area contributed by atoms with Crippen molar-refractivity contribution >= 4 is 16.8 Å². The summed E-state index contributed by atoms with van der Waals surface area (Å²) in [6.07, 6.45) is 0.749. The van der Waals surface area contributed by atoms with E-state index < -0.39 is 6.10 Å². The molecule has 1 heterocycles. The molecular weight excluding hydrogens is 256 g/mol. The molecule has 0 saturated carbocycles. The highest BCUT2D eigenvalue weighted by atomic mass is 16.3. The van der Waals surface area contributed by atoms with Gasteiger partial charge in [-0.3, -0.25) is 9.59 Å². The molecule has 20 heavy (non-hydrogen) atoms. The number of para-hydroxylation sites is 1. The van der Waals surface area contributed by atoms with Crippen LogP contribution in [-0.4, -0.2) is 28.6 Å². The normalized spacial score (nSPS) is 12.3. The van der Waals surface area contributed by atoms with Crippen molar-refractivity contribution in [2.45, 2.75) is 25.9 Å². The monoisotopic (exact) mass is 274 g/mol. The highest BCUT2D eigenvalue weighted by molar-refractivity contribution is 6.05. The minimum atomic E-state index is -0.411. The Hall–Kier alpha value is -2.14. The van der Waals surface area contributed by atoms with Gasteiger partial charge in [-0.1, -0.05) is 25.1 Å². The van der Waals surface area contributed by atoms with Gasteiger partial charge in [-0.05, 0) is 18.9 Å². The summed E-state index contributed by atoms with van der Waals surface area (Å²) in [7, 11) is 0. The van der Waals surface area contributed by atoms with Crippen molar-refractivity contribution in [3.05, 3.63) is 46.2 Å². The predicted molar refractivity (Wildman–Crippen MR) is 77.8 cm³/mol. The maximum absolute atomic E-state index is 12.1. The van der Waals surface area contributed by atoms with Crippen molar-refractivity contribution in [1.29, 1.82) is 0 Å². The molecule has 0 bridgehead atoms. The molecule has 0 aliphatic carbocycles. The lowest BCUT2D eigenvalue weighted by Gasteiger charge is -2.10. The summed E-state index contributed by atoms with van der Waals surface area (Å²) in [4.78, 5) is 26.4. The molecule has 2 aromatic rings. The number of fused-ring (bicyclic) bond motifs is 1. The quantitative estimate of drug-likeness (QED) is 0.771. The third kappa shape index (κ3) is 3.24. The van der Waals surface area contributed by atoms with Gasteiger partial charge in [0.15, 0.2) is 0 Å². The zero-order chi connectivity index (χ0) is 14.5. The molecule has 0 saturated heterocycles. The number of benzene rings is 1. The molecule has 0 fully saturated rings. The first-order valence-electron chi connectivity index (χ1n) is 6.70. The summed E-state index contributed by atoms with van der Waals surface area (Å²) in [5.74, 6) is -0.296. The van der Waals surface area contributed by atoms with Crippen LogP contribution in [0.15, 0.2) is 35.1 Å². The SMILES string of the molecule is CCC(O)CCNC(=O)c1cc(=O)[nH]c2ccccc12. The Morgan fingerprint density at radius 1 is 1.40 bits per heavy atom. The van der Waals surface area contributed by atoms with Crippen molar-refractivity contribution < 1.29 is 9.90 Å². The van der Waals surface area contributed by atoms with Crippen LogP contribution < -0.4 is 10.9 Å². The maximum atomic E-state index is 12.1. The highest BCUT2D eigenvalue weighted by Crippen LogP contribution is 2.14. The lowest BCUT2D eigenvalue weighted by molar-refractivity contribution is 0.0943. The van der Waals surface area contributed by atoms with Gasteiger partial charge in [0.1, 0.15) is 0 Å². The zero-order valence-electron chi connectivity index (χ0n) is 11.3. The van der Waals surface area contributed by atoms with Crippen molar-refractivity contribution in [2.75, 3.05) is 6.54 Å². The first-order chi connectivity index (χ1) is 9.61. The third-order valence-corrected chi connectivity index (χ3v) is 3.23. The molecule has 1 amide bonds. The Labute approximate surface area is 116 Å². The number of carbonyl (C=O) groups is 1. The summed E-state index contributed by atoms with van der Waals surface area (Å²) >= 11 is 0. The van der Waals surface area contributed by atoms with E-state index in [1.807, 2.05) is 13.0 Å².